The van der Waals surface area contributed by atoms with Crippen molar-refractivity contribution in [3.8, 4) is 5.75 Å². The number of rotatable bonds is 4. The Balaban J connectivity index is 1.71. The average molecular weight is 315 g/mol. The van der Waals surface area contributed by atoms with Gasteiger partial charge in [-0.15, -0.1) is 0 Å². The van der Waals surface area contributed by atoms with Crippen LogP contribution >= 0.6 is 0 Å². The Morgan fingerprint density at radius 2 is 1.87 bits per heavy atom. The van der Waals surface area contributed by atoms with Gasteiger partial charge < -0.3 is 14.9 Å². The summed E-state index contributed by atoms with van der Waals surface area (Å²) in [5.41, 5.74) is 0.381. The molecule has 2 aromatic carbocycles. The predicted octanol–water partition coefficient (Wildman–Crippen LogP) is 2.56. The fraction of sp³-hybridized carbons (Fsp3) is 0.474. The Hall–Kier alpha value is -1.62. The van der Waals surface area contributed by atoms with E-state index in [1.807, 2.05) is 12.1 Å². The highest BCUT2D eigenvalue weighted by Crippen LogP contribution is 2.25. The highest BCUT2D eigenvalue weighted by Gasteiger charge is 2.29. The molecular weight excluding hydrogens is 290 g/mol. The van der Waals surface area contributed by atoms with Crippen LogP contribution in [0.4, 0.5) is 0 Å². The van der Waals surface area contributed by atoms with Crippen LogP contribution in [0.25, 0.3) is 10.8 Å². The van der Waals surface area contributed by atoms with Crippen molar-refractivity contribution in [2.45, 2.75) is 31.4 Å². The summed E-state index contributed by atoms with van der Waals surface area (Å²) in [6.07, 6.45) is 2.23. The number of hydrogen-bond acceptors (Lipinski definition) is 4. The lowest BCUT2D eigenvalue weighted by atomic mass is 9.96. The molecule has 124 valence electrons. The summed E-state index contributed by atoms with van der Waals surface area (Å²) >= 11 is 0. The molecule has 0 spiro atoms. The Kier molecular flexibility index (Phi) is 4.85. The average Bonchev–Trinajstić information content (AvgIpc) is 2.77. The minimum absolute atomic E-state index is 0.140. The molecule has 0 aliphatic carbocycles. The number of aliphatic hydroxyl groups is 2. The number of ether oxygens (including phenoxy) is 1. The minimum Gasteiger partial charge on any atom is -0.497 e. The molecule has 0 aromatic heterocycles. The smallest absolute Gasteiger partial charge is 0.119 e. The van der Waals surface area contributed by atoms with Gasteiger partial charge in [-0.3, -0.25) is 4.90 Å². The van der Waals surface area contributed by atoms with Crippen LogP contribution in [0.2, 0.25) is 0 Å². The van der Waals surface area contributed by atoms with E-state index in [-0.39, 0.29) is 6.61 Å². The second kappa shape index (κ2) is 6.87. The summed E-state index contributed by atoms with van der Waals surface area (Å²) in [6.45, 7) is 2.52. The summed E-state index contributed by atoms with van der Waals surface area (Å²) in [6, 6.07) is 12.6. The number of likely N-dealkylation sites (tertiary alicyclic amines) is 1. The Morgan fingerprint density at radius 1 is 1.09 bits per heavy atom. The van der Waals surface area contributed by atoms with Crippen molar-refractivity contribution in [2.75, 3.05) is 26.8 Å². The number of fused-ring (bicyclic) bond motifs is 1. The first-order chi connectivity index (χ1) is 11.1. The Morgan fingerprint density at radius 3 is 2.65 bits per heavy atom. The zero-order chi connectivity index (χ0) is 16.3. The maximum atomic E-state index is 10.2. The van der Waals surface area contributed by atoms with Gasteiger partial charge in [-0.1, -0.05) is 18.2 Å². The maximum Gasteiger partial charge on any atom is 0.119 e. The van der Waals surface area contributed by atoms with E-state index in [9.17, 15) is 10.2 Å². The van der Waals surface area contributed by atoms with Crippen LogP contribution in [0, 0.1) is 0 Å². The van der Waals surface area contributed by atoms with E-state index in [0.717, 1.165) is 31.8 Å². The fourth-order valence-corrected chi connectivity index (χ4v) is 3.31. The second-order valence-electron chi connectivity index (χ2n) is 6.56. The first-order valence-corrected chi connectivity index (χ1v) is 8.24. The molecule has 1 heterocycles. The molecule has 0 radical (unpaired) electrons. The van der Waals surface area contributed by atoms with Gasteiger partial charge in [-0.2, -0.15) is 0 Å². The van der Waals surface area contributed by atoms with Gasteiger partial charge in [-0.05, 0) is 60.3 Å². The lowest BCUT2D eigenvalue weighted by Gasteiger charge is -2.24. The number of hydrogen-bond donors (Lipinski definition) is 2. The Labute approximate surface area is 137 Å². The van der Waals surface area contributed by atoms with Crippen LogP contribution in [-0.2, 0) is 6.54 Å². The molecular formula is C19H25NO3. The zero-order valence-corrected chi connectivity index (χ0v) is 13.7. The summed E-state index contributed by atoms with van der Waals surface area (Å²) in [5.74, 6) is 0.876. The third-order valence-electron chi connectivity index (χ3n) is 4.82. The van der Waals surface area contributed by atoms with E-state index in [1.54, 1.807) is 7.11 Å². The first kappa shape index (κ1) is 16.2. The highest BCUT2D eigenvalue weighted by atomic mass is 16.5. The van der Waals surface area contributed by atoms with E-state index in [0.29, 0.717) is 12.8 Å². The predicted molar refractivity (Wildman–Crippen MR) is 91.7 cm³/mol. The fourth-order valence-electron chi connectivity index (χ4n) is 3.31. The third kappa shape index (κ3) is 3.83. The molecule has 2 aromatic rings. The molecule has 1 atom stereocenters. The van der Waals surface area contributed by atoms with Crippen molar-refractivity contribution >= 4 is 10.8 Å². The van der Waals surface area contributed by atoms with Gasteiger partial charge in [0, 0.05) is 13.1 Å². The summed E-state index contributed by atoms with van der Waals surface area (Å²) in [7, 11) is 1.68. The van der Waals surface area contributed by atoms with Crippen LogP contribution in [0.3, 0.4) is 0 Å². The second-order valence-corrected chi connectivity index (χ2v) is 6.56. The summed E-state index contributed by atoms with van der Waals surface area (Å²) in [4.78, 5) is 2.36. The molecule has 1 aliphatic rings. The normalized spacial score (nSPS) is 22.9. The van der Waals surface area contributed by atoms with E-state index in [1.165, 1.54) is 16.3 Å². The van der Waals surface area contributed by atoms with Gasteiger partial charge in [0.1, 0.15) is 5.75 Å². The van der Waals surface area contributed by atoms with E-state index in [2.05, 4.69) is 29.2 Å². The van der Waals surface area contributed by atoms with Crippen molar-refractivity contribution in [3.05, 3.63) is 42.0 Å². The highest BCUT2D eigenvalue weighted by molar-refractivity contribution is 5.84. The standard InChI is InChI=1S/C19H25NO3/c1-23-18-6-5-16-11-15(3-4-17(16)12-18)13-20-9-2-7-19(22,14-21)8-10-20/h3-6,11-12,21-22H,2,7-10,13-14H2,1H3/t19-/m0/s1. The van der Waals surface area contributed by atoms with Crippen LogP contribution in [0.5, 0.6) is 5.75 Å². The number of benzene rings is 2. The molecule has 23 heavy (non-hydrogen) atoms. The molecule has 0 unspecified atom stereocenters. The van der Waals surface area contributed by atoms with Gasteiger partial charge in [-0.25, -0.2) is 0 Å². The molecule has 1 saturated heterocycles. The van der Waals surface area contributed by atoms with Crippen LogP contribution < -0.4 is 4.74 Å². The number of aliphatic hydroxyl groups excluding tert-OH is 1. The van der Waals surface area contributed by atoms with Crippen LogP contribution in [-0.4, -0.2) is 47.5 Å². The van der Waals surface area contributed by atoms with Crippen molar-refractivity contribution in [3.63, 3.8) is 0 Å². The van der Waals surface area contributed by atoms with Gasteiger partial charge in [0.05, 0.1) is 19.3 Å². The van der Waals surface area contributed by atoms with Crippen LogP contribution in [0.1, 0.15) is 24.8 Å². The van der Waals surface area contributed by atoms with Crippen molar-refractivity contribution in [1.82, 2.24) is 4.90 Å². The molecule has 4 nitrogen and oxygen atoms in total. The van der Waals surface area contributed by atoms with E-state index < -0.39 is 5.60 Å². The third-order valence-corrected chi connectivity index (χ3v) is 4.82. The molecule has 1 aliphatic heterocycles. The SMILES string of the molecule is COc1ccc2cc(CN3CCC[C@@](O)(CO)CC3)ccc2c1. The van der Waals surface area contributed by atoms with E-state index in [4.69, 9.17) is 4.74 Å². The summed E-state index contributed by atoms with van der Waals surface area (Å²) < 4.78 is 5.27. The number of nitrogens with zero attached hydrogens (tertiary/aromatic N) is 1. The molecule has 0 bridgehead atoms. The van der Waals surface area contributed by atoms with Gasteiger partial charge >= 0.3 is 0 Å². The van der Waals surface area contributed by atoms with Crippen molar-refractivity contribution in [1.29, 1.82) is 0 Å². The first-order valence-electron chi connectivity index (χ1n) is 8.24. The van der Waals surface area contributed by atoms with E-state index >= 15 is 0 Å². The maximum absolute atomic E-state index is 10.2. The van der Waals surface area contributed by atoms with Gasteiger partial charge in [0.2, 0.25) is 0 Å². The Bertz CT molecular complexity index is 673. The lowest BCUT2D eigenvalue weighted by molar-refractivity contribution is -0.0255. The molecule has 4 heteroatoms. The zero-order valence-electron chi connectivity index (χ0n) is 13.7. The molecule has 0 amide bonds. The van der Waals surface area contributed by atoms with Gasteiger partial charge in [0.15, 0.2) is 0 Å². The minimum atomic E-state index is -0.894. The molecule has 2 N–H and O–H groups in total. The number of methoxy groups -OCH3 is 1. The summed E-state index contributed by atoms with van der Waals surface area (Å²) in [5, 5.41) is 22.0. The lowest BCUT2D eigenvalue weighted by Crippen LogP contribution is -2.34. The quantitative estimate of drug-likeness (QED) is 0.910. The van der Waals surface area contributed by atoms with Crippen LogP contribution in [0.15, 0.2) is 36.4 Å². The topological polar surface area (TPSA) is 52.9 Å². The van der Waals surface area contributed by atoms with Crippen molar-refractivity contribution in [2.24, 2.45) is 0 Å². The monoisotopic (exact) mass is 315 g/mol. The molecule has 1 fully saturated rings. The largest absolute Gasteiger partial charge is 0.497 e. The molecule has 3 rings (SSSR count). The molecule has 0 saturated carbocycles. The van der Waals surface area contributed by atoms with Crippen molar-refractivity contribution < 1.29 is 14.9 Å². The van der Waals surface area contributed by atoms with Gasteiger partial charge in [0.25, 0.3) is 0 Å².